The Labute approximate surface area is 163 Å². The highest BCUT2D eigenvalue weighted by atomic mass is 79.9. The number of thiazole rings is 1. The molecule has 0 bridgehead atoms. The molecule has 0 atom stereocenters. The molecule has 0 spiro atoms. The number of rotatable bonds is 6. The van der Waals surface area contributed by atoms with Gasteiger partial charge in [-0.1, -0.05) is 17.4 Å². The van der Waals surface area contributed by atoms with Crippen LogP contribution in [0.5, 0.6) is 17.2 Å². The number of fused-ring (bicyclic) bond motifs is 1. The van der Waals surface area contributed by atoms with Crippen molar-refractivity contribution in [3.63, 3.8) is 0 Å². The zero-order chi connectivity index (χ0) is 18.7. The number of nitrogens with one attached hydrogen (secondary N) is 1. The largest absolute Gasteiger partial charge is 0.494 e. The molecule has 8 heteroatoms. The molecule has 1 aromatic heterocycles. The minimum atomic E-state index is -0.287. The molecule has 0 fully saturated rings. The Morgan fingerprint density at radius 2 is 2.00 bits per heavy atom. The molecule has 0 aliphatic heterocycles. The monoisotopic (exact) mass is 436 g/mol. The number of hydrogen-bond acceptors (Lipinski definition) is 6. The average Bonchev–Trinajstić information content (AvgIpc) is 3.05. The lowest BCUT2D eigenvalue weighted by Crippen LogP contribution is -2.12. The molecule has 2 aromatic carbocycles. The lowest BCUT2D eigenvalue weighted by molar-refractivity contribution is 0.102. The SMILES string of the molecule is CCOc1c(Br)cc(C(=O)Nc2nc3c(OC)cccc3s2)cc1OC. The van der Waals surface area contributed by atoms with Gasteiger partial charge in [0, 0.05) is 5.56 Å². The van der Waals surface area contributed by atoms with Crippen LogP contribution in [-0.4, -0.2) is 31.7 Å². The van der Waals surface area contributed by atoms with E-state index in [0.717, 1.165) is 10.2 Å². The first kappa shape index (κ1) is 18.5. The second-order valence-electron chi connectivity index (χ2n) is 5.20. The van der Waals surface area contributed by atoms with Crippen LogP contribution in [0.15, 0.2) is 34.8 Å². The first-order chi connectivity index (χ1) is 12.6. The summed E-state index contributed by atoms with van der Waals surface area (Å²) in [5, 5.41) is 3.32. The summed E-state index contributed by atoms with van der Waals surface area (Å²) in [4.78, 5) is 17.1. The number of halogens is 1. The maximum absolute atomic E-state index is 12.6. The Hall–Kier alpha value is -2.32. The maximum atomic E-state index is 12.6. The van der Waals surface area contributed by atoms with Gasteiger partial charge in [0.15, 0.2) is 16.6 Å². The first-order valence-electron chi connectivity index (χ1n) is 7.82. The lowest BCUT2D eigenvalue weighted by Gasteiger charge is -2.13. The Morgan fingerprint density at radius 3 is 2.69 bits per heavy atom. The second-order valence-corrected chi connectivity index (χ2v) is 7.09. The van der Waals surface area contributed by atoms with Crippen LogP contribution in [0.2, 0.25) is 0 Å². The molecular formula is C18H17BrN2O4S. The van der Waals surface area contributed by atoms with Gasteiger partial charge in [-0.25, -0.2) is 4.98 Å². The molecule has 3 aromatic rings. The number of nitrogens with zero attached hydrogens (tertiary/aromatic N) is 1. The molecule has 3 rings (SSSR count). The van der Waals surface area contributed by atoms with Crippen molar-refractivity contribution in [2.24, 2.45) is 0 Å². The number of benzene rings is 2. The summed E-state index contributed by atoms with van der Waals surface area (Å²) in [5.41, 5.74) is 1.16. The third kappa shape index (κ3) is 3.61. The standard InChI is InChI=1S/C18H17BrN2O4S/c1-4-25-16-11(19)8-10(9-13(16)24-3)17(22)21-18-20-15-12(23-2)6-5-7-14(15)26-18/h5-9H,4H2,1-3H3,(H,20,21,22). The molecule has 0 unspecified atom stereocenters. The quantitative estimate of drug-likeness (QED) is 0.604. The van der Waals surface area contributed by atoms with Crippen molar-refractivity contribution in [3.05, 3.63) is 40.4 Å². The van der Waals surface area contributed by atoms with Crippen molar-refractivity contribution < 1.29 is 19.0 Å². The molecule has 26 heavy (non-hydrogen) atoms. The zero-order valence-electron chi connectivity index (χ0n) is 14.5. The van der Waals surface area contributed by atoms with E-state index in [-0.39, 0.29) is 5.91 Å². The molecule has 0 aliphatic rings. The fraction of sp³-hybridized carbons (Fsp3) is 0.222. The Kier molecular flexibility index (Phi) is 5.63. The van der Waals surface area contributed by atoms with Crippen LogP contribution in [0.1, 0.15) is 17.3 Å². The van der Waals surface area contributed by atoms with E-state index < -0.39 is 0 Å². The minimum Gasteiger partial charge on any atom is -0.494 e. The molecular weight excluding hydrogens is 420 g/mol. The maximum Gasteiger partial charge on any atom is 0.257 e. The van der Waals surface area contributed by atoms with Gasteiger partial charge in [0.2, 0.25) is 0 Å². The smallest absolute Gasteiger partial charge is 0.257 e. The second kappa shape index (κ2) is 7.92. The van der Waals surface area contributed by atoms with E-state index in [1.807, 2.05) is 25.1 Å². The third-order valence-electron chi connectivity index (χ3n) is 3.60. The van der Waals surface area contributed by atoms with Crippen molar-refractivity contribution in [3.8, 4) is 17.2 Å². The molecule has 0 saturated heterocycles. The fourth-order valence-corrected chi connectivity index (χ4v) is 3.88. The molecule has 0 saturated carbocycles. The van der Waals surface area contributed by atoms with Gasteiger partial charge in [-0.3, -0.25) is 10.1 Å². The molecule has 0 aliphatic carbocycles. The van der Waals surface area contributed by atoms with E-state index in [1.165, 1.54) is 18.4 Å². The number of amides is 1. The van der Waals surface area contributed by atoms with Gasteiger partial charge in [0.25, 0.3) is 5.91 Å². The highest BCUT2D eigenvalue weighted by Gasteiger charge is 2.17. The van der Waals surface area contributed by atoms with E-state index in [1.54, 1.807) is 19.2 Å². The van der Waals surface area contributed by atoms with Crippen LogP contribution < -0.4 is 19.5 Å². The number of ether oxygens (including phenoxy) is 3. The van der Waals surface area contributed by atoms with E-state index in [0.29, 0.717) is 39.0 Å². The number of hydrogen-bond donors (Lipinski definition) is 1. The molecule has 0 radical (unpaired) electrons. The fourth-order valence-electron chi connectivity index (χ4n) is 2.45. The van der Waals surface area contributed by atoms with Crippen molar-refractivity contribution in [1.29, 1.82) is 0 Å². The predicted molar refractivity (Wildman–Crippen MR) is 106 cm³/mol. The summed E-state index contributed by atoms with van der Waals surface area (Å²) in [5.74, 6) is 1.43. The molecule has 1 N–H and O–H groups in total. The van der Waals surface area contributed by atoms with Crippen molar-refractivity contribution in [1.82, 2.24) is 4.98 Å². The Balaban J connectivity index is 1.89. The number of anilines is 1. The van der Waals surface area contributed by atoms with Crippen molar-refractivity contribution in [2.75, 3.05) is 26.1 Å². The van der Waals surface area contributed by atoms with Crippen LogP contribution in [0.3, 0.4) is 0 Å². The summed E-state index contributed by atoms with van der Waals surface area (Å²) >= 11 is 4.81. The van der Waals surface area contributed by atoms with Crippen molar-refractivity contribution in [2.45, 2.75) is 6.92 Å². The molecule has 136 valence electrons. The van der Waals surface area contributed by atoms with E-state index in [4.69, 9.17) is 14.2 Å². The number of aromatic nitrogens is 1. The van der Waals surface area contributed by atoms with Gasteiger partial charge in [0.1, 0.15) is 11.3 Å². The summed E-state index contributed by atoms with van der Waals surface area (Å²) in [6.45, 7) is 2.38. The number of carbonyl (C=O) groups excluding carboxylic acids is 1. The van der Waals surface area contributed by atoms with Crippen LogP contribution in [0, 0.1) is 0 Å². The highest BCUT2D eigenvalue weighted by Crippen LogP contribution is 2.37. The third-order valence-corrected chi connectivity index (χ3v) is 5.13. The highest BCUT2D eigenvalue weighted by molar-refractivity contribution is 9.10. The van der Waals surface area contributed by atoms with E-state index in [9.17, 15) is 4.79 Å². The van der Waals surface area contributed by atoms with Crippen LogP contribution >= 0.6 is 27.3 Å². The van der Waals surface area contributed by atoms with Gasteiger partial charge >= 0.3 is 0 Å². The van der Waals surface area contributed by atoms with Gasteiger partial charge in [-0.2, -0.15) is 0 Å². The lowest BCUT2D eigenvalue weighted by atomic mass is 10.2. The summed E-state index contributed by atoms with van der Waals surface area (Å²) in [7, 11) is 3.13. The van der Waals surface area contributed by atoms with Crippen LogP contribution in [0.4, 0.5) is 5.13 Å². The number of methoxy groups -OCH3 is 2. The first-order valence-corrected chi connectivity index (χ1v) is 9.43. The molecule has 1 amide bonds. The average molecular weight is 437 g/mol. The van der Waals surface area contributed by atoms with Gasteiger partial charge in [-0.15, -0.1) is 0 Å². The van der Waals surface area contributed by atoms with Crippen LogP contribution in [-0.2, 0) is 0 Å². The minimum absolute atomic E-state index is 0.287. The number of para-hydroxylation sites is 1. The van der Waals surface area contributed by atoms with Gasteiger partial charge in [0.05, 0.1) is 30.0 Å². The number of carbonyl (C=O) groups is 1. The van der Waals surface area contributed by atoms with Gasteiger partial charge < -0.3 is 14.2 Å². The van der Waals surface area contributed by atoms with Crippen LogP contribution in [0.25, 0.3) is 10.2 Å². The van der Waals surface area contributed by atoms with Crippen molar-refractivity contribution >= 4 is 48.5 Å². The summed E-state index contributed by atoms with van der Waals surface area (Å²) < 4.78 is 17.8. The summed E-state index contributed by atoms with van der Waals surface area (Å²) in [6.07, 6.45) is 0. The van der Waals surface area contributed by atoms with Gasteiger partial charge in [-0.05, 0) is 47.1 Å². The van der Waals surface area contributed by atoms with E-state index >= 15 is 0 Å². The Bertz CT molecular complexity index is 958. The van der Waals surface area contributed by atoms with E-state index in [2.05, 4.69) is 26.2 Å². The normalized spacial score (nSPS) is 10.6. The molecule has 6 nitrogen and oxygen atoms in total. The zero-order valence-corrected chi connectivity index (χ0v) is 16.9. The predicted octanol–water partition coefficient (Wildman–Crippen LogP) is 4.73. The Morgan fingerprint density at radius 1 is 1.23 bits per heavy atom. The topological polar surface area (TPSA) is 69.7 Å². The molecule has 1 heterocycles. The summed E-state index contributed by atoms with van der Waals surface area (Å²) in [6, 6.07) is 8.99.